The maximum atomic E-state index is 9.03. The number of ether oxygens (including phenoxy) is 1. The molecule has 1 aromatic carbocycles. The highest BCUT2D eigenvalue weighted by Crippen LogP contribution is 2.34. The van der Waals surface area contributed by atoms with E-state index in [-0.39, 0.29) is 6.04 Å². The number of fused-ring (bicyclic) bond motifs is 1. The summed E-state index contributed by atoms with van der Waals surface area (Å²) >= 11 is 1.27. The molecule has 32 heavy (non-hydrogen) atoms. The minimum Gasteiger partial charge on any atom is -0.464 e. The Morgan fingerprint density at radius 1 is 1.34 bits per heavy atom. The van der Waals surface area contributed by atoms with E-state index in [1.54, 1.807) is 12.5 Å². The van der Waals surface area contributed by atoms with Crippen molar-refractivity contribution in [2.24, 2.45) is 4.99 Å². The lowest BCUT2D eigenvalue weighted by atomic mass is 10.1. The number of benzene rings is 1. The smallest absolute Gasteiger partial charge is 0.167 e. The van der Waals surface area contributed by atoms with Crippen molar-refractivity contribution >= 4 is 34.0 Å². The number of nitrogens with zero attached hydrogens (tertiary/aromatic N) is 2. The average molecular weight is 451 g/mol. The maximum Gasteiger partial charge on any atom is 0.167 e. The molecular weight excluding hydrogens is 420 g/mol. The molecule has 1 saturated carbocycles. The Bertz CT molecular complexity index is 1140. The number of allylic oxidation sites excluding steroid dienone is 1. The van der Waals surface area contributed by atoms with E-state index in [9.17, 15) is 0 Å². The third-order valence-electron chi connectivity index (χ3n) is 5.89. The molecule has 2 aromatic heterocycles. The van der Waals surface area contributed by atoms with Gasteiger partial charge in [-0.2, -0.15) is 4.37 Å². The van der Waals surface area contributed by atoms with Gasteiger partial charge in [0.1, 0.15) is 22.0 Å². The zero-order valence-corrected chi connectivity index (χ0v) is 19.7. The van der Waals surface area contributed by atoms with Gasteiger partial charge in [-0.05, 0) is 62.8 Å². The molecule has 0 spiro atoms. The van der Waals surface area contributed by atoms with Gasteiger partial charge in [-0.3, -0.25) is 10.4 Å². The summed E-state index contributed by atoms with van der Waals surface area (Å²) in [5.41, 5.74) is 1.92. The van der Waals surface area contributed by atoms with Crippen LogP contribution in [0.3, 0.4) is 0 Å². The molecule has 7 heteroatoms. The van der Waals surface area contributed by atoms with Gasteiger partial charge in [0.25, 0.3) is 0 Å². The molecule has 2 N–H and O–H groups in total. The maximum absolute atomic E-state index is 9.03. The number of aromatic nitrogens is 1. The van der Waals surface area contributed by atoms with E-state index in [4.69, 9.17) is 19.6 Å². The Hall–Kier alpha value is -2.93. The molecule has 168 valence electrons. The van der Waals surface area contributed by atoms with Crippen LogP contribution >= 0.6 is 11.5 Å². The van der Waals surface area contributed by atoms with Crippen molar-refractivity contribution in [3.8, 4) is 11.5 Å². The van der Waals surface area contributed by atoms with Crippen molar-refractivity contribution in [2.45, 2.75) is 65.0 Å². The third kappa shape index (κ3) is 4.78. The molecule has 1 unspecified atom stereocenters. The molecule has 1 aliphatic carbocycles. The molecule has 0 radical (unpaired) electrons. The topological polar surface area (TPSA) is 83.5 Å². The van der Waals surface area contributed by atoms with Crippen LogP contribution in [0.2, 0.25) is 0 Å². The van der Waals surface area contributed by atoms with Gasteiger partial charge in [0.2, 0.25) is 0 Å². The highest BCUT2D eigenvalue weighted by Gasteiger charge is 2.23. The summed E-state index contributed by atoms with van der Waals surface area (Å²) < 4.78 is 16.0. The Labute approximate surface area is 193 Å². The van der Waals surface area contributed by atoms with Gasteiger partial charge >= 0.3 is 0 Å². The molecule has 6 nitrogen and oxygen atoms in total. The minimum atomic E-state index is 0.272. The molecule has 1 aliphatic rings. The number of hydrogen-bond acceptors (Lipinski definition) is 6. The van der Waals surface area contributed by atoms with Gasteiger partial charge in [0, 0.05) is 11.6 Å². The van der Waals surface area contributed by atoms with Gasteiger partial charge in [-0.1, -0.05) is 31.9 Å². The standard InChI is InChI=1S/C25H30N4O2S/c1-4-16(3)28-25(29-17-9-6-7-10-17)18(5-2)23(26)24-22(15-27-32-24)31-21-12-8-11-20-19(21)13-14-30-20/h5,8,11-17,26H,4,6-7,9-10H2,1-3H3,(H,28,29)/b18-5-,26-23?. The van der Waals surface area contributed by atoms with E-state index in [1.165, 1.54) is 24.4 Å². The Morgan fingerprint density at radius 2 is 2.16 bits per heavy atom. The van der Waals surface area contributed by atoms with E-state index in [0.29, 0.717) is 28.1 Å². The largest absolute Gasteiger partial charge is 0.464 e. The first kappa shape index (κ1) is 22.3. The van der Waals surface area contributed by atoms with Crippen molar-refractivity contribution in [1.82, 2.24) is 9.69 Å². The number of amidine groups is 1. The normalized spacial score (nSPS) is 16.5. The second kappa shape index (κ2) is 10.1. The fourth-order valence-corrected chi connectivity index (χ4v) is 4.54. The van der Waals surface area contributed by atoms with E-state index in [1.807, 2.05) is 37.3 Å². The van der Waals surface area contributed by atoms with Gasteiger partial charge in [-0.25, -0.2) is 0 Å². The quantitative estimate of drug-likeness (QED) is 0.294. The lowest BCUT2D eigenvalue weighted by molar-refractivity contribution is 0.488. The SMILES string of the molecule is C/C=C(/C(=N)c1sncc1Oc1cccc2occc12)C(=NC1CCCC1)NC(C)CC. The number of aliphatic imine (C=N–C) groups is 1. The van der Waals surface area contributed by atoms with Crippen LogP contribution in [0.1, 0.15) is 57.8 Å². The number of hydrogen-bond donors (Lipinski definition) is 2. The van der Waals surface area contributed by atoms with E-state index in [0.717, 1.165) is 41.6 Å². The molecule has 0 amide bonds. The predicted molar refractivity (Wildman–Crippen MR) is 132 cm³/mol. The number of rotatable bonds is 8. The van der Waals surface area contributed by atoms with Gasteiger partial charge in [-0.15, -0.1) is 0 Å². The fraction of sp³-hybridized carbons (Fsp3) is 0.400. The second-order valence-corrected chi connectivity index (χ2v) is 8.96. The molecule has 2 heterocycles. The summed E-state index contributed by atoms with van der Waals surface area (Å²) in [5.74, 6) is 2.05. The van der Waals surface area contributed by atoms with Crippen molar-refractivity contribution < 1.29 is 9.15 Å². The molecule has 0 saturated heterocycles. The third-order valence-corrected chi connectivity index (χ3v) is 6.68. The van der Waals surface area contributed by atoms with Gasteiger partial charge in [0.15, 0.2) is 5.75 Å². The molecule has 1 fully saturated rings. The van der Waals surface area contributed by atoms with Crippen molar-refractivity contribution in [1.29, 1.82) is 5.41 Å². The highest BCUT2D eigenvalue weighted by atomic mass is 32.1. The van der Waals surface area contributed by atoms with Crippen LogP contribution in [0.15, 0.2) is 57.8 Å². The summed E-state index contributed by atoms with van der Waals surface area (Å²) in [6.45, 7) is 6.26. The molecule has 3 aromatic rings. The minimum absolute atomic E-state index is 0.272. The van der Waals surface area contributed by atoms with E-state index < -0.39 is 0 Å². The first-order chi connectivity index (χ1) is 15.6. The lowest BCUT2D eigenvalue weighted by Gasteiger charge is -2.20. The molecule has 1 atom stereocenters. The zero-order valence-electron chi connectivity index (χ0n) is 18.9. The van der Waals surface area contributed by atoms with E-state index >= 15 is 0 Å². The summed E-state index contributed by atoms with van der Waals surface area (Å²) in [6.07, 6.45) is 10.9. The van der Waals surface area contributed by atoms with Crippen LogP contribution in [-0.4, -0.2) is 28.0 Å². The lowest BCUT2D eigenvalue weighted by Crippen LogP contribution is -2.36. The summed E-state index contributed by atoms with van der Waals surface area (Å²) in [6, 6.07) is 8.17. The van der Waals surface area contributed by atoms with Crippen LogP contribution < -0.4 is 10.1 Å². The van der Waals surface area contributed by atoms with Crippen LogP contribution in [0, 0.1) is 5.41 Å². The molecule has 0 bridgehead atoms. The van der Waals surface area contributed by atoms with Crippen molar-refractivity contribution in [2.75, 3.05) is 0 Å². The van der Waals surface area contributed by atoms with Crippen LogP contribution in [-0.2, 0) is 0 Å². The summed E-state index contributed by atoms with van der Waals surface area (Å²) in [4.78, 5) is 5.72. The molecular formula is C25H30N4O2S. The van der Waals surface area contributed by atoms with Crippen LogP contribution in [0.4, 0.5) is 0 Å². The number of furan rings is 1. The Balaban J connectivity index is 1.63. The first-order valence-corrected chi connectivity index (χ1v) is 12.1. The summed E-state index contributed by atoms with van der Waals surface area (Å²) in [7, 11) is 0. The highest BCUT2D eigenvalue weighted by molar-refractivity contribution is 7.08. The summed E-state index contributed by atoms with van der Waals surface area (Å²) in [5, 5.41) is 13.5. The average Bonchev–Trinajstić information content (AvgIpc) is 3.56. The fourth-order valence-electron chi connectivity index (χ4n) is 3.90. The zero-order chi connectivity index (χ0) is 22.5. The Kier molecular flexibility index (Phi) is 7.05. The van der Waals surface area contributed by atoms with Crippen molar-refractivity contribution in [3.63, 3.8) is 0 Å². The van der Waals surface area contributed by atoms with Crippen LogP contribution in [0.25, 0.3) is 11.0 Å². The molecule has 0 aliphatic heterocycles. The Morgan fingerprint density at radius 3 is 2.91 bits per heavy atom. The van der Waals surface area contributed by atoms with Crippen LogP contribution in [0.5, 0.6) is 11.5 Å². The number of nitrogens with one attached hydrogen (secondary N) is 2. The van der Waals surface area contributed by atoms with E-state index in [2.05, 4.69) is 23.5 Å². The van der Waals surface area contributed by atoms with Gasteiger partial charge in [0.05, 0.1) is 29.6 Å². The van der Waals surface area contributed by atoms with Gasteiger partial charge < -0.3 is 14.5 Å². The first-order valence-electron chi connectivity index (χ1n) is 11.3. The molecule has 4 rings (SSSR count). The predicted octanol–water partition coefficient (Wildman–Crippen LogP) is 6.72. The monoisotopic (exact) mass is 450 g/mol. The van der Waals surface area contributed by atoms with Crippen molar-refractivity contribution in [3.05, 3.63) is 53.3 Å². The second-order valence-electron chi connectivity index (χ2n) is 8.16.